The zero-order chi connectivity index (χ0) is 17.8. The Balaban J connectivity index is 1.78. The van der Waals surface area contributed by atoms with Gasteiger partial charge in [0.1, 0.15) is 0 Å². The summed E-state index contributed by atoms with van der Waals surface area (Å²) in [6, 6.07) is 18.2. The number of rotatable bonds is 4. The van der Waals surface area contributed by atoms with Crippen molar-refractivity contribution in [1.29, 1.82) is 0 Å². The third-order valence-corrected chi connectivity index (χ3v) is 3.92. The molecule has 0 spiro atoms. The van der Waals surface area contributed by atoms with Gasteiger partial charge in [-0.2, -0.15) is 0 Å². The summed E-state index contributed by atoms with van der Waals surface area (Å²) in [5.41, 5.74) is 2.15. The maximum atomic E-state index is 12.2. The summed E-state index contributed by atoms with van der Waals surface area (Å²) in [5, 5.41) is 15.7. The quantitative estimate of drug-likeness (QED) is 0.427. The smallest absolute Gasteiger partial charge is 0.269 e. The summed E-state index contributed by atoms with van der Waals surface area (Å²) in [7, 11) is 0. The number of hydrogen-bond donors (Lipinski definition) is 1. The summed E-state index contributed by atoms with van der Waals surface area (Å²) < 4.78 is 0. The number of aryl methyl sites for hydroxylation is 1. The normalized spacial score (nSPS) is 10.9. The molecule has 3 rings (SSSR count). The molecule has 0 radical (unpaired) electrons. The highest BCUT2D eigenvalue weighted by molar-refractivity contribution is 6.04. The molecule has 1 amide bonds. The van der Waals surface area contributed by atoms with Crippen molar-refractivity contribution in [3.05, 3.63) is 88.0 Å². The number of anilines is 1. The molecule has 25 heavy (non-hydrogen) atoms. The minimum atomic E-state index is -0.459. The number of nitro groups is 1. The number of benzene rings is 3. The highest BCUT2D eigenvalue weighted by atomic mass is 16.6. The SMILES string of the molecule is Cc1cc([N+](=O)[O-])ccc1NC(=O)/C=C/c1cccc2ccccc12. The molecule has 0 aliphatic heterocycles. The Hall–Kier alpha value is -3.47. The predicted octanol–water partition coefficient (Wildman–Crippen LogP) is 4.71. The third kappa shape index (κ3) is 3.72. The second-order valence-electron chi connectivity index (χ2n) is 5.65. The average molecular weight is 332 g/mol. The summed E-state index contributed by atoms with van der Waals surface area (Å²) in [4.78, 5) is 22.5. The van der Waals surface area contributed by atoms with Gasteiger partial charge < -0.3 is 5.32 Å². The van der Waals surface area contributed by atoms with E-state index in [2.05, 4.69) is 5.32 Å². The molecule has 0 heterocycles. The Kier molecular flexibility index (Phi) is 4.57. The summed E-state index contributed by atoms with van der Waals surface area (Å²) >= 11 is 0. The zero-order valence-corrected chi connectivity index (χ0v) is 13.6. The van der Waals surface area contributed by atoms with Gasteiger partial charge in [-0.1, -0.05) is 42.5 Å². The number of nitro benzene ring substituents is 1. The van der Waals surface area contributed by atoms with Crippen LogP contribution in [-0.2, 0) is 4.79 Å². The first kappa shape index (κ1) is 16.4. The minimum absolute atomic E-state index is 0.00166. The minimum Gasteiger partial charge on any atom is -0.322 e. The molecule has 0 atom stereocenters. The van der Waals surface area contributed by atoms with Gasteiger partial charge >= 0.3 is 0 Å². The van der Waals surface area contributed by atoms with E-state index in [9.17, 15) is 14.9 Å². The van der Waals surface area contributed by atoms with Crippen molar-refractivity contribution in [3.8, 4) is 0 Å². The van der Waals surface area contributed by atoms with Crippen molar-refractivity contribution in [2.45, 2.75) is 6.92 Å². The number of carbonyl (C=O) groups is 1. The van der Waals surface area contributed by atoms with E-state index in [0.29, 0.717) is 11.3 Å². The van der Waals surface area contributed by atoms with Crippen LogP contribution in [0.1, 0.15) is 11.1 Å². The lowest BCUT2D eigenvalue weighted by atomic mass is 10.0. The molecule has 0 saturated heterocycles. The van der Waals surface area contributed by atoms with Crippen LogP contribution in [0.5, 0.6) is 0 Å². The van der Waals surface area contributed by atoms with Gasteiger partial charge in [-0.25, -0.2) is 0 Å². The van der Waals surface area contributed by atoms with Crippen LogP contribution in [0, 0.1) is 17.0 Å². The lowest BCUT2D eigenvalue weighted by molar-refractivity contribution is -0.384. The molecule has 0 bridgehead atoms. The van der Waals surface area contributed by atoms with E-state index >= 15 is 0 Å². The molecule has 0 aromatic heterocycles. The van der Waals surface area contributed by atoms with Gasteiger partial charge in [0.05, 0.1) is 4.92 Å². The van der Waals surface area contributed by atoms with Crippen molar-refractivity contribution in [1.82, 2.24) is 0 Å². The van der Waals surface area contributed by atoms with Gasteiger partial charge in [-0.15, -0.1) is 0 Å². The maximum absolute atomic E-state index is 12.2. The van der Waals surface area contributed by atoms with Crippen LogP contribution >= 0.6 is 0 Å². The molecule has 0 unspecified atom stereocenters. The summed E-state index contributed by atoms with van der Waals surface area (Å²) in [6.07, 6.45) is 3.22. The molecule has 3 aromatic carbocycles. The van der Waals surface area contributed by atoms with E-state index in [4.69, 9.17) is 0 Å². The highest BCUT2D eigenvalue weighted by Gasteiger charge is 2.09. The Morgan fingerprint density at radius 1 is 1.08 bits per heavy atom. The first-order valence-electron chi connectivity index (χ1n) is 7.76. The second kappa shape index (κ2) is 6.97. The monoisotopic (exact) mass is 332 g/mol. The highest BCUT2D eigenvalue weighted by Crippen LogP contribution is 2.22. The molecule has 0 aliphatic carbocycles. The number of hydrogen-bond acceptors (Lipinski definition) is 3. The van der Waals surface area contributed by atoms with Crippen LogP contribution in [0.25, 0.3) is 16.8 Å². The van der Waals surface area contributed by atoms with E-state index < -0.39 is 4.92 Å². The Labute approximate surface area is 144 Å². The number of amides is 1. The standard InChI is InChI=1S/C20H16N2O3/c1-14-13-17(22(24)25)10-11-19(14)21-20(23)12-9-16-7-4-6-15-5-2-3-8-18(15)16/h2-13H,1H3,(H,21,23)/b12-9+. The molecular weight excluding hydrogens is 316 g/mol. The van der Waals surface area contributed by atoms with Gasteiger partial charge in [0.15, 0.2) is 0 Å². The largest absolute Gasteiger partial charge is 0.322 e. The maximum Gasteiger partial charge on any atom is 0.269 e. The Bertz CT molecular complexity index is 988. The van der Waals surface area contributed by atoms with E-state index in [1.54, 1.807) is 13.0 Å². The van der Waals surface area contributed by atoms with E-state index in [1.165, 1.54) is 24.3 Å². The van der Waals surface area contributed by atoms with Crippen molar-refractivity contribution < 1.29 is 9.72 Å². The molecule has 5 heteroatoms. The predicted molar refractivity (Wildman–Crippen MR) is 99.4 cm³/mol. The van der Waals surface area contributed by atoms with Crippen LogP contribution in [0.15, 0.2) is 66.7 Å². The number of fused-ring (bicyclic) bond motifs is 1. The fourth-order valence-corrected chi connectivity index (χ4v) is 2.64. The fourth-order valence-electron chi connectivity index (χ4n) is 2.64. The molecule has 0 aliphatic rings. The van der Waals surface area contributed by atoms with Crippen LogP contribution in [0.3, 0.4) is 0 Å². The zero-order valence-electron chi connectivity index (χ0n) is 13.6. The van der Waals surface area contributed by atoms with E-state index in [1.807, 2.05) is 42.5 Å². The van der Waals surface area contributed by atoms with Gasteiger partial charge in [0, 0.05) is 23.9 Å². The summed E-state index contributed by atoms with van der Waals surface area (Å²) in [5.74, 6) is -0.287. The van der Waals surface area contributed by atoms with Gasteiger partial charge in [-0.05, 0) is 41.0 Å². The van der Waals surface area contributed by atoms with Crippen LogP contribution in [0.2, 0.25) is 0 Å². The van der Waals surface area contributed by atoms with Gasteiger partial charge in [0.2, 0.25) is 5.91 Å². The first-order valence-corrected chi connectivity index (χ1v) is 7.76. The molecule has 3 aromatic rings. The molecule has 5 nitrogen and oxygen atoms in total. The van der Waals surface area contributed by atoms with Crippen molar-refractivity contribution in [2.24, 2.45) is 0 Å². The van der Waals surface area contributed by atoms with Crippen molar-refractivity contribution >= 4 is 34.1 Å². The van der Waals surface area contributed by atoms with E-state index in [0.717, 1.165) is 16.3 Å². The van der Waals surface area contributed by atoms with Crippen molar-refractivity contribution in [3.63, 3.8) is 0 Å². The molecule has 0 saturated carbocycles. The molecule has 1 N–H and O–H groups in total. The number of nitrogens with zero attached hydrogens (tertiary/aromatic N) is 1. The first-order chi connectivity index (χ1) is 12.0. The second-order valence-corrected chi connectivity index (χ2v) is 5.65. The number of nitrogens with one attached hydrogen (secondary N) is 1. The van der Waals surface area contributed by atoms with Crippen LogP contribution < -0.4 is 5.32 Å². The van der Waals surface area contributed by atoms with Crippen molar-refractivity contribution in [2.75, 3.05) is 5.32 Å². The lowest BCUT2D eigenvalue weighted by Crippen LogP contribution is -2.09. The van der Waals surface area contributed by atoms with Gasteiger partial charge in [-0.3, -0.25) is 14.9 Å². The van der Waals surface area contributed by atoms with E-state index in [-0.39, 0.29) is 11.6 Å². The van der Waals surface area contributed by atoms with Gasteiger partial charge in [0.25, 0.3) is 5.69 Å². The molecule has 124 valence electrons. The average Bonchev–Trinajstić information content (AvgIpc) is 2.61. The Morgan fingerprint density at radius 2 is 1.84 bits per heavy atom. The fraction of sp³-hybridized carbons (Fsp3) is 0.0500. The Morgan fingerprint density at radius 3 is 2.60 bits per heavy atom. The lowest BCUT2D eigenvalue weighted by Gasteiger charge is -2.06. The van der Waals surface area contributed by atoms with Crippen LogP contribution in [0.4, 0.5) is 11.4 Å². The van der Waals surface area contributed by atoms with Crippen LogP contribution in [-0.4, -0.2) is 10.8 Å². The number of carbonyl (C=O) groups excluding carboxylic acids is 1. The summed E-state index contributed by atoms with van der Waals surface area (Å²) in [6.45, 7) is 1.72. The molecule has 0 fully saturated rings. The number of non-ortho nitro benzene ring substituents is 1. The topological polar surface area (TPSA) is 72.2 Å². The third-order valence-electron chi connectivity index (χ3n) is 3.92. The molecular formula is C20H16N2O3.